The van der Waals surface area contributed by atoms with Crippen LogP contribution in [0.5, 0.6) is 0 Å². The van der Waals surface area contributed by atoms with Gasteiger partial charge in [-0.05, 0) is 12.1 Å². The van der Waals surface area contributed by atoms with Gasteiger partial charge in [-0.2, -0.15) is 4.98 Å². The first-order chi connectivity index (χ1) is 5.36. The lowest BCUT2D eigenvalue weighted by molar-refractivity contribution is 0.492. The zero-order chi connectivity index (χ0) is 7.68. The molecule has 0 saturated carbocycles. The second kappa shape index (κ2) is 2.16. The molecule has 0 bridgehead atoms. The molecule has 0 unspecified atom stereocenters. The zero-order valence-corrected chi connectivity index (χ0v) is 5.52. The molecule has 11 heavy (non-hydrogen) atoms. The minimum atomic E-state index is -0.615. The first-order valence-corrected chi connectivity index (χ1v) is 3.07. The quantitative estimate of drug-likeness (QED) is 0.548. The molecule has 2 aromatic heterocycles. The van der Waals surface area contributed by atoms with Gasteiger partial charge in [0.05, 0.1) is 5.39 Å². The van der Waals surface area contributed by atoms with E-state index < -0.39 is 5.76 Å². The van der Waals surface area contributed by atoms with Crippen LogP contribution in [0.25, 0.3) is 11.0 Å². The summed E-state index contributed by atoms with van der Waals surface area (Å²) in [6.07, 6.45) is 2.92. The predicted molar refractivity (Wildman–Crippen MR) is 38.1 cm³/mol. The Balaban J connectivity index is 2.94. The Bertz CT molecular complexity index is 435. The Kier molecular flexibility index (Phi) is 1.18. The standard InChI is InChI=1S/C7H4N2O2/c10-7-9-6-5(4-11-7)2-1-3-8-6/h1-4H. The van der Waals surface area contributed by atoms with Gasteiger partial charge in [-0.15, -0.1) is 0 Å². The monoisotopic (exact) mass is 148 g/mol. The van der Waals surface area contributed by atoms with Crippen LogP contribution in [-0.2, 0) is 0 Å². The molecule has 54 valence electrons. The van der Waals surface area contributed by atoms with E-state index >= 15 is 0 Å². The second-order valence-corrected chi connectivity index (χ2v) is 2.03. The fourth-order valence-corrected chi connectivity index (χ4v) is 0.822. The highest BCUT2D eigenvalue weighted by atomic mass is 16.4. The van der Waals surface area contributed by atoms with Crippen molar-refractivity contribution >= 4 is 11.0 Å². The van der Waals surface area contributed by atoms with Gasteiger partial charge in [0.1, 0.15) is 6.26 Å². The van der Waals surface area contributed by atoms with Crippen LogP contribution in [0.15, 0.2) is 33.8 Å². The van der Waals surface area contributed by atoms with Gasteiger partial charge < -0.3 is 4.42 Å². The van der Waals surface area contributed by atoms with E-state index in [1.807, 2.05) is 0 Å². The topological polar surface area (TPSA) is 56.0 Å². The average molecular weight is 148 g/mol. The van der Waals surface area contributed by atoms with Crippen molar-refractivity contribution in [3.05, 3.63) is 35.1 Å². The summed E-state index contributed by atoms with van der Waals surface area (Å²) in [5.41, 5.74) is 0.420. The second-order valence-electron chi connectivity index (χ2n) is 2.03. The van der Waals surface area contributed by atoms with Gasteiger partial charge in [0.25, 0.3) is 0 Å². The lowest BCUT2D eigenvalue weighted by Crippen LogP contribution is -2.02. The zero-order valence-electron chi connectivity index (χ0n) is 5.52. The summed E-state index contributed by atoms with van der Waals surface area (Å²) >= 11 is 0. The van der Waals surface area contributed by atoms with Crippen molar-refractivity contribution in [2.75, 3.05) is 0 Å². The fraction of sp³-hybridized carbons (Fsp3) is 0. The van der Waals surface area contributed by atoms with Gasteiger partial charge in [0, 0.05) is 6.20 Å². The van der Waals surface area contributed by atoms with E-state index in [1.54, 1.807) is 18.3 Å². The highest BCUT2D eigenvalue weighted by molar-refractivity contribution is 5.71. The Morgan fingerprint density at radius 1 is 1.45 bits per heavy atom. The Labute approximate surface area is 61.5 Å². The normalized spacial score (nSPS) is 10.2. The minimum absolute atomic E-state index is 0.420. The molecule has 0 fully saturated rings. The van der Waals surface area contributed by atoms with E-state index in [0.717, 1.165) is 5.39 Å². The molecule has 0 aromatic carbocycles. The molecule has 2 aromatic rings. The maximum absolute atomic E-state index is 10.6. The number of nitrogens with zero attached hydrogens (tertiary/aromatic N) is 2. The first-order valence-electron chi connectivity index (χ1n) is 3.07. The number of fused-ring (bicyclic) bond motifs is 1. The van der Waals surface area contributed by atoms with Gasteiger partial charge in [0.15, 0.2) is 5.65 Å². The maximum Gasteiger partial charge on any atom is 0.440 e. The summed E-state index contributed by atoms with van der Waals surface area (Å²) in [6.45, 7) is 0. The Morgan fingerprint density at radius 3 is 3.27 bits per heavy atom. The maximum atomic E-state index is 10.6. The van der Waals surface area contributed by atoms with E-state index in [9.17, 15) is 4.79 Å². The van der Waals surface area contributed by atoms with Crippen LogP contribution >= 0.6 is 0 Å². The SMILES string of the molecule is O=c1nc2ncccc2co1. The molecule has 4 heteroatoms. The minimum Gasteiger partial charge on any atom is -0.416 e. The van der Waals surface area contributed by atoms with Gasteiger partial charge in [-0.1, -0.05) is 0 Å². The molecule has 0 aliphatic carbocycles. The third-order valence-electron chi connectivity index (χ3n) is 1.30. The summed E-state index contributed by atoms with van der Waals surface area (Å²) in [7, 11) is 0. The lowest BCUT2D eigenvalue weighted by atomic mass is 10.4. The van der Waals surface area contributed by atoms with Crippen molar-refractivity contribution < 1.29 is 4.42 Å². The summed E-state index contributed by atoms with van der Waals surface area (Å²) in [4.78, 5) is 18.0. The molecule has 2 heterocycles. The molecular formula is C7H4N2O2. The van der Waals surface area contributed by atoms with Crippen LogP contribution < -0.4 is 5.76 Å². The molecule has 0 aliphatic rings. The Hall–Kier alpha value is -1.71. The van der Waals surface area contributed by atoms with Crippen molar-refractivity contribution in [3.63, 3.8) is 0 Å². The summed E-state index contributed by atoms with van der Waals surface area (Å²) in [6, 6.07) is 3.53. The fourth-order valence-electron chi connectivity index (χ4n) is 0.822. The molecule has 0 aliphatic heterocycles. The highest BCUT2D eigenvalue weighted by Gasteiger charge is 1.94. The van der Waals surface area contributed by atoms with Crippen molar-refractivity contribution in [3.8, 4) is 0 Å². The first kappa shape index (κ1) is 6.03. The van der Waals surface area contributed by atoms with Gasteiger partial charge >= 0.3 is 5.76 Å². The molecule has 0 amide bonds. The van der Waals surface area contributed by atoms with Crippen molar-refractivity contribution in [1.29, 1.82) is 0 Å². The third-order valence-corrected chi connectivity index (χ3v) is 1.30. The summed E-state index contributed by atoms with van der Waals surface area (Å²) in [5.74, 6) is -0.615. The van der Waals surface area contributed by atoms with Crippen LogP contribution in [0, 0.1) is 0 Å². The van der Waals surface area contributed by atoms with Crippen molar-refractivity contribution in [2.24, 2.45) is 0 Å². The van der Waals surface area contributed by atoms with Gasteiger partial charge in [-0.3, -0.25) is 0 Å². The predicted octanol–water partition coefficient (Wildman–Crippen LogP) is 0.583. The number of pyridine rings is 1. The molecule has 0 atom stereocenters. The molecule has 0 saturated heterocycles. The molecule has 0 radical (unpaired) electrons. The van der Waals surface area contributed by atoms with E-state index in [0.29, 0.717) is 5.65 Å². The highest BCUT2D eigenvalue weighted by Crippen LogP contribution is 2.02. The van der Waals surface area contributed by atoms with E-state index in [2.05, 4.69) is 14.4 Å². The molecule has 0 spiro atoms. The van der Waals surface area contributed by atoms with E-state index in [-0.39, 0.29) is 0 Å². The largest absolute Gasteiger partial charge is 0.440 e. The number of aromatic nitrogens is 2. The average Bonchev–Trinajstić information content (AvgIpc) is 2.04. The van der Waals surface area contributed by atoms with Crippen LogP contribution in [0.3, 0.4) is 0 Å². The molecule has 2 rings (SSSR count). The molecular weight excluding hydrogens is 144 g/mol. The number of rotatable bonds is 0. The molecule has 0 N–H and O–H groups in total. The Morgan fingerprint density at radius 2 is 2.36 bits per heavy atom. The third kappa shape index (κ3) is 0.980. The summed E-state index contributed by atoms with van der Waals surface area (Å²) < 4.78 is 4.53. The van der Waals surface area contributed by atoms with E-state index in [4.69, 9.17) is 0 Å². The summed E-state index contributed by atoms with van der Waals surface area (Å²) in [5, 5.41) is 0.729. The lowest BCUT2D eigenvalue weighted by Gasteiger charge is -1.89. The van der Waals surface area contributed by atoms with Crippen LogP contribution in [0.4, 0.5) is 0 Å². The molecule has 4 nitrogen and oxygen atoms in total. The van der Waals surface area contributed by atoms with Gasteiger partial charge in [-0.25, -0.2) is 9.78 Å². The van der Waals surface area contributed by atoms with Crippen LogP contribution in [0.1, 0.15) is 0 Å². The number of hydrogen-bond donors (Lipinski definition) is 0. The number of hydrogen-bond acceptors (Lipinski definition) is 4. The smallest absolute Gasteiger partial charge is 0.416 e. The van der Waals surface area contributed by atoms with Crippen LogP contribution in [-0.4, -0.2) is 9.97 Å². The van der Waals surface area contributed by atoms with E-state index in [1.165, 1.54) is 6.26 Å². The van der Waals surface area contributed by atoms with Crippen molar-refractivity contribution in [1.82, 2.24) is 9.97 Å². The van der Waals surface area contributed by atoms with Crippen LogP contribution in [0.2, 0.25) is 0 Å². The van der Waals surface area contributed by atoms with Crippen molar-refractivity contribution in [2.45, 2.75) is 0 Å². The van der Waals surface area contributed by atoms with Gasteiger partial charge in [0.2, 0.25) is 0 Å².